The van der Waals surface area contributed by atoms with Gasteiger partial charge in [0.1, 0.15) is 17.8 Å². The van der Waals surface area contributed by atoms with Crippen LogP contribution in [0.5, 0.6) is 0 Å². The van der Waals surface area contributed by atoms with Gasteiger partial charge in [-0.15, -0.1) is 0 Å². The number of nitrogens with one attached hydrogen (secondary N) is 2. The summed E-state index contributed by atoms with van der Waals surface area (Å²) in [6, 6.07) is 7.59. The summed E-state index contributed by atoms with van der Waals surface area (Å²) in [6.07, 6.45) is 3.39. The van der Waals surface area contributed by atoms with Crippen molar-refractivity contribution in [1.82, 2.24) is 15.3 Å². The third-order valence-corrected chi connectivity index (χ3v) is 3.66. The molecule has 0 aliphatic rings. The number of aromatic nitrogens is 2. The molecule has 1 aromatic heterocycles. The zero-order chi connectivity index (χ0) is 15.9. The monoisotopic (exact) mass is 362 g/mol. The number of hydrogen-bond donors (Lipinski definition) is 2. The molecular formula is C16H19BrN4O. The molecule has 0 bridgehead atoms. The summed E-state index contributed by atoms with van der Waals surface area (Å²) in [7, 11) is 0. The van der Waals surface area contributed by atoms with Gasteiger partial charge in [-0.1, -0.05) is 29.3 Å². The van der Waals surface area contributed by atoms with Gasteiger partial charge in [-0.3, -0.25) is 4.79 Å². The van der Waals surface area contributed by atoms with Crippen LogP contribution in [0.3, 0.4) is 0 Å². The first-order valence-corrected chi connectivity index (χ1v) is 8.03. The van der Waals surface area contributed by atoms with Gasteiger partial charge in [0.15, 0.2) is 0 Å². The van der Waals surface area contributed by atoms with Crippen molar-refractivity contribution < 1.29 is 4.79 Å². The van der Waals surface area contributed by atoms with Crippen LogP contribution in [0, 0.1) is 6.92 Å². The molecule has 0 fully saturated rings. The van der Waals surface area contributed by atoms with Gasteiger partial charge < -0.3 is 10.6 Å². The molecule has 0 aliphatic carbocycles. The summed E-state index contributed by atoms with van der Waals surface area (Å²) >= 11 is 3.44. The highest BCUT2D eigenvalue weighted by Gasteiger charge is 2.08. The Labute approximate surface area is 138 Å². The number of amides is 1. The van der Waals surface area contributed by atoms with Crippen LogP contribution in [0.15, 0.2) is 35.1 Å². The van der Waals surface area contributed by atoms with Crippen molar-refractivity contribution in [1.29, 1.82) is 0 Å². The third kappa shape index (κ3) is 4.53. The summed E-state index contributed by atoms with van der Waals surface area (Å²) in [5, 5.41) is 6.06. The van der Waals surface area contributed by atoms with Crippen molar-refractivity contribution in [2.45, 2.75) is 26.7 Å². The van der Waals surface area contributed by atoms with Crippen LogP contribution in [-0.2, 0) is 0 Å². The second-order valence-electron chi connectivity index (χ2n) is 4.98. The van der Waals surface area contributed by atoms with E-state index in [4.69, 9.17) is 0 Å². The van der Waals surface area contributed by atoms with Crippen molar-refractivity contribution in [3.63, 3.8) is 0 Å². The van der Waals surface area contributed by atoms with E-state index < -0.39 is 0 Å². The highest BCUT2D eigenvalue weighted by atomic mass is 79.9. The van der Waals surface area contributed by atoms with Crippen LogP contribution in [-0.4, -0.2) is 22.4 Å². The van der Waals surface area contributed by atoms with Gasteiger partial charge in [-0.05, 0) is 37.1 Å². The van der Waals surface area contributed by atoms with Crippen molar-refractivity contribution in [2.24, 2.45) is 0 Å². The van der Waals surface area contributed by atoms with Crippen LogP contribution in [0.1, 0.15) is 35.8 Å². The maximum atomic E-state index is 12.0. The SMILES string of the molecule is CCCCNC(=O)c1cc(Nc2ccc(Br)cc2C)ncn1. The number of aryl methyl sites for hydroxylation is 1. The van der Waals surface area contributed by atoms with Crippen molar-refractivity contribution in [2.75, 3.05) is 11.9 Å². The third-order valence-electron chi connectivity index (χ3n) is 3.17. The van der Waals surface area contributed by atoms with Gasteiger partial charge in [0.05, 0.1) is 0 Å². The summed E-state index contributed by atoms with van der Waals surface area (Å²) in [5.41, 5.74) is 2.39. The van der Waals surface area contributed by atoms with Crippen LogP contribution in [0.2, 0.25) is 0 Å². The Morgan fingerprint density at radius 3 is 2.82 bits per heavy atom. The van der Waals surface area contributed by atoms with E-state index in [-0.39, 0.29) is 5.91 Å². The van der Waals surface area contributed by atoms with Crippen molar-refractivity contribution >= 4 is 33.3 Å². The number of anilines is 2. The lowest BCUT2D eigenvalue weighted by Crippen LogP contribution is -2.25. The Morgan fingerprint density at radius 1 is 1.27 bits per heavy atom. The number of carbonyl (C=O) groups excluding carboxylic acids is 1. The number of halogens is 1. The molecule has 1 amide bonds. The molecule has 0 saturated carbocycles. The van der Waals surface area contributed by atoms with Crippen LogP contribution in [0.25, 0.3) is 0 Å². The highest BCUT2D eigenvalue weighted by Crippen LogP contribution is 2.22. The van der Waals surface area contributed by atoms with E-state index in [0.29, 0.717) is 18.1 Å². The van der Waals surface area contributed by atoms with E-state index in [1.807, 2.05) is 25.1 Å². The zero-order valence-electron chi connectivity index (χ0n) is 12.7. The quantitative estimate of drug-likeness (QED) is 0.766. The number of carbonyl (C=O) groups is 1. The molecule has 0 unspecified atom stereocenters. The standard InChI is InChI=1S/C16H19BrN4O/c1-3-4-7-18-16(22)14-9-15(20-10-19-14)21-13-6-5-12(17)8-11(13)2/h5-6,8-10H,3-4,7H2,1-2H3,(H,18,22)(H,19,20,21). The Morgan fingerprint density at radius 2 is 2.09 bits per heavy atom. The van der Waals surface area contributed by atoms with Crippen LogP contribution in [0.4, 0.5) is 11.5 Å². The molecule has 0 spiro atoms. The molecule has 2 rings (SSSR count). The molecule has 0 aliphatic heterocycles. The zero-order valence-corrected chi connectivity index (χ0v) is 14.3. The topological polar surface area (TPSA) is 66.9 Å². The number of rotatable bonds is 6. The van der Waals surface area contributed by atoms with E-state index >= 15 is 0 Å². The minimum absolute atomic E-state index is 0.175. The molecule has 2 aromatic rings. The van der Waals surface area contributed by atoms with E-state index in [1.54, 1.807) is 6.07 Å². The van der Waals surface area contributed by atoms with Gasteiger partial charge in [-0.25, -0.2) is 9.97 Å². The Bertz CT molecular complexity index is 660. The lowest BCUT2D eigenvalue weighted by molar-refractivity contribution is 0.0948. The normalized spacial score (nSPS) is 10.3. The van der Waals surface area contributed by atoms with Crippen LogP contribution < -0.4 is 10.6 Å². The average Bonchev–Trinajstić information content (AvgIpc) is 2.50. The summed E-state index contributed by atoms with van der Waals surface area (Å²) in [6.45, 7) is 4.75. The smallest absolute Gasteiger partial charge is 0.270 e. The number of benzene rings is 1. The Hall–Kier alpha value is -1.95. The van der Waals surface area contributed by atoms with Crippen molar-refractivity contribution in [3.05, 3.63) is 46.3 Å². The molecule has 0 atom stereocenters. The number of unbranched alkanes of at least 4 members (excludes halogenated alkanes) is 1. The fourth-order valence-electron chi connectivity index (χ4n) is 1.92. The number of nitrogens with zero attached hydrogens (tertiary/aromatic N) is 2. The van der Waals surface area contributed by atoms with Gasteiger partial charge >= 0.3 is 0 Å². The van der Waals surface area contributed by atoms with Gasteiger partial charge in [0.2, 0.25) is 0 Å². The molecule has 1 aromatic carbocycles. The van der Waals surface area contributed by atoms with Gasteiger partial charge in [0, 0.05) is 22.8 Å². The molecule has 6 heteroatoms. The maximum absolute atomic E-state index is 12.0. The molecule has 116 valence electrons. The van der Waals surface area contributed by atoms with Gasteiger partial charge in [0.25, 0.3) is 5.91 Å². The second kappa shape index (κ2) is 7.89. The maximum Gasteiger partial charge on any atom is 0.270 e. The van der Waals surface area contributed by atoms with Gasteiger partial charge in [-0.2, -0.15) is 0 Å². The minimum Gasteiger partial charge on any atom is -0.351 e. The molecule has 1 heterocycles. The first-order chi connectivity index (χ1) is 10.6. The largest absolute Gasteiger partial charge is 0.351 e. The predicted octanol–water partition coefficient (Wildman–Crippen LogP) is 3.82. The molecule has 0 saturated heterocycles. The molecule has 22 heavy (non-hydrogen) atoms. The second-order valence-corrected chi connectivity index (χ2v) is 5.90. The van der Waals surface area contributed by atoms with E-state index in [1.165, 1.54) is 6.33 Å². The predicted molar refractivity (Wildman–Crippen MR) is 91.4 cm³/mol. The Kier molecular flexibility index (Phi) is 5.89. The van der Waals surface area contributed by atoms with E-state index in [2.05, 4.69) is 43.5 Å². The lowest BCUT2D eigenvalue weighted by Gasteiger charge is -2.10. The first kappa shape index (κ1) is 16.4. The fourth-order valence-corrected chi connectivity index (χ4v) is 2.40. The van der Waals surface area contributed by atoms with E-state index in [9.17, 15) is 4.79 Å². The van der Waals surface area contributed by atoms with E-state index in [0.717, 1.165) is 28.6 Å². The Balaban J connectivity index is 2.09. The highest BCUT2D eigenvalue weighted by molar-refractivity contribution is 9.10. The first-order valence-electron chi connectivity index (χ1n) is 7.23. The van der Waals surface area contributed by atoms with Crippen molar-refractivity contribution in [3.8, 4) is 0 Å². The van der Waals surface area contributed by atoms with Crippen LogP contribution >= 0.6 is 15.9 Å². The molecule has 5 nitrogen and oxygen atoms in total. The summed E-state index contributed by atoms with van der Waals surface area (Å²) in [4.78, 5) is 20.2. The lowest BCUT2D eigenvalue weighted by atomic mass is 10.2. The molecular weight excluding hydrogens is 344 g/mol. The average molecular weight is 363 g/mol. The minimum atomic E-state index is -0.175. The summed E-state index contributed by atoms with van der Waals surface area (Å²) < 4.78 is 1.02. The fraction of sp³-hybridized carbons (Fsp3) is 0.312. The molecule has 0 radical (unpaired) electrons. The summed E-state index contributed by atoms with van der Waals surface area (Å²) in [5.74, 6) is 0.424. The number of hydrogen-bond acceptors (Lipinski definition) is 4. The molecule has 2 N–H and O–H groups in total.